The SMILES string of the molecule is Cl.O=C(CCCc1ccc(Br)s1)NC1CC2CCC(C1)N2. The van der Waals surface area contributed by atoms with Crippen molar-refractivity contribution in [2.24, 2.45) is 0 Å². The number of hydrogen-bond donors (Lipinski definition) is 2. The zero-order valence-corrected chi connectivity index (χ0v) is 15.2. The van der Waals surface area contributed by atoms with E-state index >= 15 is 0 Å². The van der Waals surface area contributed by atoms with Gasteiger partial charge >= 0.3 is 0 Å². The molecular formula is C15H22BrClN2OS. The summed E-state index contributed by atoms with van der Waals surface area (Å²) in [5.41, 5.74) is 0. The molecule has 0 radical (unpaired) electrons. The summed E-state index contributed by atoms with van der Waals surface area (Å²) in [7, 11) is 0. The van der Waals surface area contributed by atoms with Crippen LogP contribution in [0.4, 0.5) is 0 Å². The van der Waals surface area contributed by atoms with Gasteiger partial charge in [0.25, 0.3) is 0 Å². The molecule has 0 aromatic carbocycles. The lowest BCUT2D eigenvalue weighted by Gasteiger charge is -2.29. The molecule has 6 heteroatoms. The van der Waals surface area contributed by atoms with Gasteiger partial charge in [0.1, 0.15) is 0 Å². The van der Waals surface area contributed by atoms with Crippen LogP contribution in [0.15, 0.2) is 15.9 Å². The summed E-state index contributed by atoms with van der Waals surface area (Å²) in [6.45, 7) is 0. The number of thiophene rings is 1. The number of nitrogens with one attached hydrogen (secondary N) is 2. The van der Waals surface area contributed by atoms with Gasteiger partial charge in [-0.25, -0.2) is 0 Å². The van der Waals surface area contributed by atoms with Gasteiger partial charge in [0.2, 0.25) is 5.91 Å². The second-order valence-electron chi connectivity index (χ2n) is 5.93. The maximum absolute atomic E-state index is 12.0. The van der Waals surface area contributed by atoms with Crippen LogP contribution in [0.2, 0.25) is 0 Å². The minimum atomic E-state index is 0. The number of piperidine rings is 1. The molecule has 2 bridgehead atoms. The number of carbonyl (C=O) groups excluding carboxylic acids is 1. The van der Waals surface area contributed by atoms with E-state index in [9.17, 15) is 4.79 Å². The van der Waals surface area contributed by atoms with Gasteiger partial charge in [-0.3, -0.25) is 4.79 Å². The highest BCUT2D eigenvalue weighted by Crippen LogP contribution is 2.27. The second kappa shape index (κ2) is 7.95. The predicted molar refractivity (Wildman–Crippen MR) is 93.3 cm³/mol. The molecule has 1 aromatic heterocycles. The minimum Gasteiger partial charge on any atom is -0.353 e. The van der Waals surface area contributed by atoms with Crippen LogP contribution in [-0.4, -0.2) is 24.0 Å². The Morgan fingerprint density at radius 2 is 2.05 bits per heavy atom. The van der Waals surface area contributed by atoms with E-state index in [4.69, 9.17) is 0 Å². The van der Waals surface area contributed by atoms with Crippen molar-refractivity contribution in [3.8, 4) is 0 Å². The van der Waals surface area contributed by atoms with E-state index in [2.05, 4.69) is 38.7 Å². The monoisotopic (exact) mass is 392 g/mol. The van der Waals surface area contributed by atoms with Gasteiger partial charge in [0.15, 0.2) is 0 Å². The van der Waals surface area contributed by atoms with Crippen molar-refractivity contribution in [2.45, 2.75) is 63.1 Å². The Morgan fingerprint density at radius 3 is 2.67 bits per heavy atom. The van der Waals surface area contributed by atoms with Crippen LogP contribution in [-0.2, 0) is 11.2 Å². The van der Waals surface area contributed by atoms with Gasteiger partial charge in [-0.1, -0.05) is 0 Å². The van der Waals surface area contributed by atoms with Crippen LogP contribution in [0, 0.1) is 0 Å². The van der Waals surface area contributed by atoms with Crippen LogP contribution in [0.5, 0.6) is 0 Å². The van der Waals surface area contributed by atoms with Gasteiger partial charge in [0, 0.05) is 29.4 Å². The molecule has 2 N–H and O–H groups in total. The number of fused-ring (bicyclic) bond motifs is 2. The smallest absolute Gasteiger partial charge is 0.220 e. The molecule has 2 atom stereocenters. The fourth-order valence-electron chi connectivity index (χ4n) is 3.38. The van der Waals surface area contributed by atoms with E-state index in [1.165, 1.54) is 21.5 Å². The number of halogens is 2. The molecule has 1 amide bonds. The van der Waals surface area contributed by atoms with Crippen molar-refractivity contribution in [3.05, 3.63) is 20.8 Å². The van der Waals surface area contributed by atoms with Crippen molar-refractivity contribution in [2.75, 3.05) is 0 Å². The largest absolute Gasteiger partial charge is 0.353 e. The Bertz CT molecular complexity index is 470. The Kier molecular flexibility index (Phi) is 6.53. The van der Waals surface area contributed by atoms with E-state index in [1.807, 2.05) is 0 Å². The standard InChI is InChI=1S/C15H21BrN2OS.ClH/c16-14-7-6-13(20-14)2-1-3-15(19)18-12-8-10-4-5-11(9-12)17-10;/h6-7,10-12,17H,1-5,8-9H2,(H,18,19);1H. The van der Waals surface area contributed by atoms with Crippen LogP contribution in [0.3, 0.4) is 0 Å². The van der Waals surface area contributed by atoms with Crippen molar-refractivity contribution < 1.29 is 4.79 Å². The number of amides is 1. The maximum atomic E-state index is 12.0. The maximum Gasteiger partial charge on any atom is 0.220 e. The Balaban J connectivity index is 0.00000161. The highest BCUT2D eigenvalue weighted by molar-refractivity contribution is 9.11. The van der Waals surface area contributed by atoms with Crippen molar-refractivity contribution >= 4 is 45.6 Å². The molecule has 2 aliphatic rings. The van der Waals surface area contributed by atoms with Crippen LogP contribution in [0.25, 0.3) is 0 Å². The highest BCUT2D eigenvalue weighted by atomic mass is 79.9. The van der Waals surface area contributed by atoms with Gasteiger partial charge in [-0.05, 0) is 66.6 Å². The Labute approximate surface area is 144 Å². The van der Waals surface area contributed by atoms with Gasteiger partial charge in [0.05, 0.1) is 3.79 Å². The molecule has 3 nitrogen and oxygen atoms in total. The molecule has 0 aliphatic carbocycles. The van der Waals surface area contributed by atoms with E-state index in [1.54, 1.807) is 11.3 Å². The molecule has 0 saturated carbocycles. The molecule has 21 heavy (non-hydrogen) atoms. The third-order valence-electron chi connectivity index (χ3n) is 4.29. The molecular weight excluding hydrogens is 372 g/mol. The van der Waals surface area contributed by atoms with Gasteiger partial charge in [-0.2, -0.15) is 0 Å². The molecule has 2 unspecified atom stereocenters. The van der Waals surface area contributed by atoms with Gasteiger partial charge < -0.3 is 10.6 Å². The van der Waals surface area contributed by atoms with E-state index in [0.717, 1.165) is 25.7 Å². The quantitative estimate of drug-likeness (QED) is 0.801. The van der Waals surface area contributed by atoms with E-state index < -0.39 is 0 Å². The molecule has 3 rings (SSSR count). The van der Waals surface area contributed by atoms with Crippen LogP contribution < -0.4 is 10.6 Å². The summed E-state index contributed by atoms with van der Waals surface area (Å²) >= 11 is 5.23. The van der Waals surface area contributed by atoms with Crippen LogP contribution >= 0.6 is 39.7 Å². The summed E-state index contributed by atoms with van der Waals surface area (Å²) in [4.78, 5) is 13.4. The van der Waals surface area contributed by atoms with E-state index in [-0.39, 0.29) is 18.3 Å². The van der Waals surface area contributed by atoms with Gasteiger partial charge in [-0.15, -0.1) is 23.7 Å². The third-order valence-corrected chi connectivity index (χ3v) is 5.98. The molecule has 2 saturated heterocycles. The fourth-order valence-corrected chi connectivity index (χ4v) is 4.91. The normalized spacial score (nSPS) is 27.2. The topological polar surface area (TPSA) is 41.1 Å². The number of hydrogen-bond acceptors (Lipinski definition) is 3. The van der Waals surface area contributed by atoms with Crippen molar-refractivity contribution in [1.82, 2.24) is 10.6 Å². The summed E-state index contributed by atoms with van der Waals surface area (Å²) < 4.78 is 1.17. The van der Waals surface area contributed by atoms with Crippen molar-refractivity contribution in [1.29, 1.82) is 0 Å². The molecule has 3 heterocycles. The molecule has 0 spiro atoms. The third kappa shape index (κ3) is 4.95. The zero-order valence-electron chi connectivity index (χ0n) is 11.9. The lowest BCUT2D eigenvalue weighted by molar-refractivity contribution is -0.122. The number of rotatable bonds is 5. The fraction of sp³-hybridized carbons (Fsp3) is 0.667. The zero-order chi connectivity index (χ0) is 13.9. The first kappa shape index (κ1) is 17.3. The molecule has 1 aromatic rings. The lowest BCUT2D eigenvalue weighted by Crippen LogP contribution is -2.48. The molecule has 2 fully saturated rings. The van der Waals surface area contributed by atoms with Crippen molar-refractivity contribution in [3.63, 3.8) is 0 Å². The molecule has 2 aliphatic heterocycles. The minimum absolute atomic E-state index is 0. The average molecular weight is 394 g/mol. The predicted octanol–water partition coefficient (Wildman–Crippen LogP) is 3.65. The number of carbonyl (C=O) groups is 1. The average Bonchev–Trinajstić information content (AvgIpc) is 2.96. The Morgan fingerprint density at radius 1 is 1.33 bits per heavy atom. The van der Waals surface area contributed by atoms with E-state index in [0.29, 0.717) is 24.5 Å². The number of aryl methyl sites for hydroxylation is 1. The first-order valence-electron chi connectivity index (χ1n) is 7.48. The summed E-state index contributed by atoms with van der Waals surface area (Å²) in [5, 5.41) is 6.83. The molecule has 118 valence electrons. The highest BCUT2D eigenvalue weighted by Gasteiger charge is 2.33. The first-order chi connectivity index (χ1) is 9.69. The summed E-state index contributed by atoms with van der Waals surface area (Å²) in [6, 6.07) is 5.89. The lowest BCUT2D eigenvalue weighted by atomic mass is 9.99. The Hall–Kier alpha value is -0.100. The summed E-state index contributed by atoms with van der Waals surface area (Å²) in [5.74, 6) is 0.229. The summed E-state index contributed by atoms with van der Waals surface area (Å²) in [6.07, 6.45) is 7.38. The second-order valence-corrected chi connectivity index (χ2v) is 8.48. The van der Waals surface area contributed by atoms with Crippen LogP contribution in [0.1, 0.15) is 43.4 Å². The first-order valence-corrected chi connectivity index (χ1v) is 9.09.